The maximum atomic E-state index is 10.5. The van der Waals surface area contributed by atoms with Crippen molar-refractivity contribution in [1.29, 1.82) is 0 Å². The lowest BCUT2D eigenvalue weighted by Gasteiger charge is -2.25. The van der Waals surface area contributed by atoms with E-state index < -0.39 is 16.5 Å². The number of amidine groups is 1. The molecule has 1 heterocycles. The molecular weight excluding hydrogens is 160 g/mol. The van der Waals surface area contributed by atoms with E-state index in [0.29, 0.717) is 0 Å². The molecule has 0 saturated heterocycles. The Hall–Kier alpha value is -1.43. The summed E-state index contributed by atoms with van der Waals surface area (Å²) in [5.41, 5.74) is 9.91. The normalized spacial score (nSPS) is 34.5. The number of hydrogen-bond donors (Lipinski definition) is 2. The third-order valence-corrected chi connectivity index (χ3v) is 1.74. The summed E-state index contributed by atoms with van der Waals surface area (Å²) in [7, 11) is 0. The fraction of sp³-hybridized carbons (Fsp3) is 0.500. The summed E-state index contributed by atoms with van der Waals surface area (Å²) in [5, 5.41) is 10.5. The Kier molecular flexibility index (Phi) is 1.85. The highest BCUT2D eigenvalue weighted by Crippen LogP contribution is 2.15. The Balaban J connectivity index is 3.03. The van der Waals surface area contributed by atoms with E-state index >= 15 is 0 Å². The van der Waals surface area contributed by atoms with Gasteiger partial charge in [0.15, 0.2) is 5.84 Å². The molecule has 0 aromatic rings. The van der Waals surface area contributed by atoms with E-state index in [9.17, 15) is 10.1 Å². The lowest BCUT2D eigenvalue weighted by atomic mass is 9.91. The van der Waals surface area contributed by atoms with E-state index in [4.69, 9.17) is 11.5 Å². The van der Waals surface area contributed by atoms with Crippen molar-refractivity contribution in [2.24, 2.45) is 16.5 Å². The van der Waals surface area contributed by atoms with Crippen LogP contribution in [-0.4, -0.2) is 22.3 Å². The van der Waals surface area contributed by atoms with Crippen LogP contribution in [0.1, 0.15) is 6.92 Å². The molecule has 0 radical (unpaired) electrons. The lowest BCUT2D eigenvalue weighted by molar-refractivity contribution is -0.510. The van der Waals surface area contributed by atoms with Gasteiger partial charge < -0.3 is 11.5 Å². The summed E-state index contributed by atoms with van der Waals surface area (Å²) >= 11 is 0. The summed E-state index contributed by atoms with van der Waals surface area (Å²) in [4.78, 5) is 13.6. The van der Waals surface area contributed by atoms with Gasteiger partial charge in [0.25, 0.3) is 6.04 Å². The van der Waals surface area contributed by atoms with Crippen LogP contribution in [0, 0.1) is 10.1 Å². The molecule has 1 aliphatic heterocycles. The van der Waals surface area contributed by atoms with Crippen molar-refractivity contribution in [2.75, 3.05) is 0 Å². The molecule has 1 aliphatic rings. The van der Waals surface area contributed by atoms with Gasteiger partial charge in [-0.2, -0.15) is 0 Å². The summed E-state index contributed by atoms with van der Waals surface area (Å²) in [6, 6.07) is -1.12. The van der Waals surface area contributed by atoms with Gasteiger partial charge in [0.2, 0.25) is 0 Å². The summed E-state index contributed by atoms with van der Waals surface area (Å²) in [6.07, 6.45) is 2.85. The fourth-order valence-electron chi connectivity index (χ4n) is 1.10. The smallest absolute Gasteiger partial charge is 0.289 e. The summed E-state index contributed by atoms with van der Waals surface area (Å²) in [6.45, 7) is 1.54. The average Bonchev–Trinajstić information content (AvgIpc) is 1.82. The molecule has 0 aromatic carbocycles. The zero-order valence-corrected chi connectivity index (χ0v) is 6.60. The lowest BCUT2D eigenvalue weighted by Crippen LogP contribution is -2.58. The molecule has 0 aliphatic carbocycles. The van der Waals surface area contributed by atoms with Crippen LogP contribution in [0.2, 0.25) is 0 Å². The highest BCUT2D eigenvalue weighted by atomic mass is 16.6. The topological polar surface area (TPSA) is 108 Å². The van der Waals surface area contributed by atoms with Crippen LogP contribution in [0.5, 0.6) is 0 Å². The molecule has 0 saturated carbocycles. The SMILES string of the molecule is CC1(N)C=CN=C(N)C1[N+](=O)[O-]. The third kappa shape index (κ3) is 1.28. The molecule has 66 valence electrons. The van der Waals surface area contributed by atoms with Crippen LogP contribution in [-0.2, 0) is 0 Å². The molecule has 0 bridgehead atoms. The number of hydrogen-bond acceptors (Lipinski definition) is 5. The highest BCUT2D eigenvalue weighted by molar-refractivity contribution is 5.87. The van der Waals surface area contributed by atoms with Gasteiger partial charge in [0, 0.05) is 11.1 Å². The minimum atomic E-state index is -1.12. The number of nitro groups is 1. The minimum absolute atomic E-state index is 0.0486. The molecule has 4 N–H and O–H groups in total. The van der Waals surface area contributed by atoms with Gasteiger partial charge >= 0.3 is 0 Å². The van der Waals surface area contributed by atoms with Gasteiger partial charge in [-0.15, -0.1) is 0 Å². The van der Waals surface area contributed by atoms with Crippen LogP contribution >= 0.6 is 0 Å². The molecule has 12 heavy (non-hydrogen) atoms. The Labute approximate surface area is 69.1 Å². The van der Waals surface area contributed by atoms with Crippen molar-refractivity contribution in [3.8, 4) is 0 Å². The number of nitrogens with zero attached hydrogens (tertiary/aromatic N) is 2. The van der Waals surface area contributed by atoms with E-state index in [1.165, 1.54) is 12.3 Å². The predicted molar refractivity (Wildman–Crippen MR) is 44.1 cm³/mol. The molecule has 2 atom stereocenters. The molecule has 0 aromatic heterocycles. The summed E-state index contributed by atoms with van der Waals surface area (Å²) in [5.74, 6) is -0.0486. The van der Waals surface area contributed by atoms with E-state index in [1.807, 2.05) is 0 Å². The molecule has 0 spiro atoms. The maximum Gasteiger partial charge on any atom is 0.289 e. The molecule has 1 rings (SSSR count). The zero-order valence-electron chi connectivity index (χ0n) is 6.60. The van der Waals surface area contributed by atoms with Crippen LogP contribution in [0.25, 0.3) is 0 Å². The predicted octanol–water partition coefficient (Wildman–Crippen LogP) is -0.766. The van der Waals surface area contributed by atoms with Gasteiger partial charge in [0.1, 0.15) is 5.54 Å². The van der Waals surface area contributed by atoms with E-state index in [-0.39, 0.29) is 5.84 Å². The van der Waals surface area contributed by atoms with Crippen molar-refractivity contribution in [1.82, 2.24) is 0 Å². The maximum absolute atomic E-state index is 10.5. The van der Waals surface area contributed by atoms with Crippen molar-refractivity contribution in [2.45, 2.75) is 18.5 Å². The van der Waals surface area contributed by atoms with Crippen molar-refractivity contribution in [3.63, 3.8) is 0 Å². The molecular formula is C6H10N4O2. The standard InChI is InChI=1S/C6H10N4O2/c1-6(8)2-3-9-5(7)4(6)10(11)12/h2-4H,8H2,1H3,(H2,7,9). The molecule has 0 amide bonds. The first-order valence-electron chi connectivity index (χ1n) is 3.38. The first-order chi connectivity index (χ1) is 5.45. The zero-order chi connectivity index (χ0) is 9.35. The van der Waals surface area contributed by atoms with Gasteiger partial charge in [-0.05, 0) is 13.0 Å². The first kappa shape index (κ1) is 8.66. The second-order valence-corrected chi connectivity index (χ2v) is 2.92. The monoisotopic (exact) mass is 170 g/mol. The van der Waals surface area contributed by atoms with E-state index in [1.54, 1.807) is 6.92 Å². The number of rotatable bonds is 1. The van der Waals surface area contributed by atoms with E-state index in [0.717, 1.165) is 0 Å². The first-order valence-corrected chi connectivity index (χ1v) is 3.38. The van der Waals surface area contributed by atoms with Crippen molar-refractivity contribution in [3.05, 3.63) is 22.4 Å². The Morgan fingerprint density at radius 2 is 2.42 bits per heavy atom. The van der Waals surface area contributed by atoms with Crippen LogP contribution < -0.4 is 11.5 Å². The second kappa shape index (κ2) is 2.56. The van der Waals surface area contributed by atoms with Gasteiger partial charge in [-0.1, -0.05) is 0 Å². The summed E-state index contributed by atoms with van der Waals surface area (Å²) < 4.78 is 0. The number of nitrogens with two attached hydrogens (primary N) is 2. The van der Waals surface area contributed by atoms with Gasteiger partial charge in [-0.3, -0.25) is 10.1 Å². The van der Waals surface area contributed by atoms with Gasteiger partial charge in [0.05, 0.1) is 0 Å². The minimum Gasteiger partial charge on any atom is -0.381 e. The van der Waals surface area contributed by atoms with Gasteiger partial charge in [-0.25, -0.2) is 4.99 Å². The van der Waals surface area contributed by atoms with Crippen molar-refractivity contribution >= 4 is 5.84 Å². The van der Waals surface area contributed by atoms with Crippen molar-refractivity contribution < 1.29 is 4.92 Å². The van der Waals surface area contributed by atoms with Crippen LogP contribution in [0.3, 0.4) is 0 Å². The Morgan fingerprint density at radius 1 is 1.83 bits per heavy atom. The second-order valence-electron chi connectivity index (χ2n) is 2.92. The molecule has 6 heteroatoms. The third-order valence-electron chi connectivity index (χ3n) is 1.74. The largest absolute Gasteiger partial charge is 0.381 e. The average molecular weight is 170 g/mol. The molecule has 6 nitrogen and oxygen atoms in total. The van der Waals surface area contributed by atoms with Crippen LogP contribution in [0.15, 0.2) is 17.3 Å². The Morgan fingerprint density at radius 3 is 2.75 bits per heavy atom. The fourth-order valence-corrected chi connectivity index (χ4v) is 1.10. The highest BCUT2D eigenvalue weighted by Gasteiger charge is 2.42. The van der Waals surface area contributed by atoms with Crippen LogP contribution in [0.4, 0.5) is 0 Å². The van der Waals surface area contributed by atoms with E-state index in [2.05, 4.69) is 4.99 Å². The molecule has 0 fully saturated rings. The number of aliphatic imine (C=N–C) groups is 1. The Bertz CT molecular complexity index is 269. The quantitative estimate of drug-likeness (QED) is 0.398. The molecule has 2 unspecified atom stereocenters.